The Morgan fingerprint density at radius 2 is 1.07 bits per heavy atom. The molecule has 0 aromatic heterocycles. The second-order valence-corrected chi connectivity index (χ2v) is 8.19. The number of benzene rings is 4. The van der Waals surface area contributed by atoms with Gasteiger partial charge in [-0.2, -0.15) is 0 Å². The van der Waals surface area contributed by atoms with Crippen LogP contribution in [-0.4, -0.2) is 0 Å². The second kappa shape index (κ2) is 6.95. The summed E-state index contributed by atoms with van der Waals surface area (Å²) < 4.78 is 0. The highest BCUT2D eigenvalue weighted by Gasteiger charge is 2.17. The third-order valence-corrected chi connectivity index (χ3v) is 5.66. The van der Waals surface area contributed by atoms with Crippen LogP contribution in [0.1, 0.15) is 33.4 Å². The van der Waals surface area contributed by atoms with E-state index in [9.17, 15) is 0 Å². The molecule has 0 spiro atoms. The van der Waals surface area contributed by atoms with Gasteiger partial charge in [-0.25, -0.2) is 0 Å². The van der Waals surface area contributed by atoms with E-state index in [0.717, 1.165) is 0 Å². The van der Waals surface area contributed by atoms with Gasteiger partial charge in [0.2, 0.25) is 0 Å². The number of aryl methyl sites for hydroxylation is 6. The molecule has 1 radical (unpaired) electrons. The summed E-state index contributed by atoms with van der Waals surface area (Å²) in [6, 6.07) is 23.8. The summed E-state index contributed by atoms with van der Waals surface area (Å²) in [5.74, 6) is 0. The Hall–Kier alpha value is -2.86. The van der Waals surface area contributed by atoms with Crippen LogP contribution in [0.25, 0.3) is 33.0 Å². The first-order valence-corrected chi connectivity index (χ1v) is 9.96. The molecule has 139 valence electrons. The lowest BCUT2D eigenvalue weighted by molar-refractivity contribution is 1.30. The van der Waals surface area contributed by atoms with Crippen molar-refractivity contribution in [2.45, 2.75) is 41.5 Å². The quantitative estimate of drug-likeness (QED) is 0.340. The molecule has 0 bridgehead atoms. The summed E-state index contributed by atoms with van der Waals surface area (Å²) in [5.41, 5.74) is 13.0. The Balaban J connectivity index is 2.14. The van der Waals surface area contributed by atoms with Gasteiger partial charge < -0.3 is 0 Å². The molecule has 0 saturated heterocycles. The third-order valence-electron chi connectivity index (χ3n) is 5.66. The van der Waals surface area contributed by atoms with Gasteiger partial charge in [0.05, 0.1) is 0 Å². The summed E-state index contributed by atoms with van der Waals surface area (Å²) in [4.78, 5) is 0. The summed E-state index contributed by atoms with van der Waals surface area (Å²) in [7, 11) is 0. The van der Waals surface area contributed by atoms with Crippen molar-refractivity contribution in [1.29, 1.82) is 0 Å². The SMILES string of the molecule is Cc1cc(C)c(-c2[c]c3ccccc3cc2-c2c(C)cc(C)cc2C)c(C)c1. The van der Waals surface area contributed by atoms with E-state index in [0.29, 0.717) is 0 Å². The van der Waals surface area contributed by atoms with Crippen molar-refractivity contribution < 1.29 is 0 Å². The maximum atomic E-state index is 3.78. The topological polar surface area (TPSA) is 0 Å². The maximum absolute atomic E-state index is 3.78. The monoisotopic (exact) mass is 363 g/mol. The maximum Gasteiger partial charge on any atom is -0.000765 e. The van der Waals surface area contributed by atoms with E-state index in [1.165, 1.54) is 66.4 Å². The molecule has 0 fully saturated rings. The predicted molar refractivity (Wildman–Crippen MR) is 122 cm³/mol. The van der Waals surface area contributed by atoms with E-state index in [1.54, 1.807) is 0 Å². The van der Waals surface area contributed by atoms with Gasteiger partial charge in [-0.15, -0.1) is 0 Å². The lowest BCUT2D eigenvalue weighted by Crippen LogP contribution is -1.97. The lowest BCUT2D eigenvalue weighted by atomic mass is 9.84. The van der Waals surface area contributed by atoms with Crippen LogP contribution in [0.4, 0.5) is 0 Å². The normalized spacial score (nSPS) is 11.2. The molecule has 0 aliphatic rings. The predicted octanol–water partition coefficient (Wildman–Crippen LogP) is 7.82. The minimum atomic E-state index is 1.17. The highest BCUT2D eigenvalue weighted by atomic mass is 14.2. The molecule has 0 unspecified atom stereocenters. The van der Waals surface area contributed by atoms with Crippen molar-refractivity contribution in [2.75, 3.05) is 0 Å². The van der Waals surface area contributed by atoms with E-state index >= 15 is 0 Å². The van der Waals surface area contributed by atoms with Crippen LogP contribution in [0, 0.1) is 47.6 Å². The zero-order chi connectivity index (χ0) is 20.0. The Morgan fingerprint density at radius 3 is 1.64 bits per heavy atom. The fourth-order valence-electron chi connectivity index (χ4n) is 4.74. The van der Waals surface area contributed by atoms with E-state index in [2.05, 4.69) is 102 Å². The van der Waals surface area contributed by atoms with Gasteiger partial charge in [0.1, 0.15) is 0 Å². The average molecular weight is 364 g/mol. The Morgan fingerprint density at radius 1 is 0.571 bits per heavy atom. The van der Waals surface area contributed by atoms with Gasteiger partial charge in [0.25, 0.3) is 0 Å². The van der Waals surface area contributed by atoms with Crippen LogP contribution >= 0.6 is 0 Å². The van der Waals surface area contributed by atoms with E-state index in [4.69, 9.17) is 0 Å². The van der Waals surface area contributed by atoms with Crippen LogP contribution in [0.3, 0.4) is 0 Å². The summed E-state index contributed by atoms with van der Waals surface area (Å²) in [6.45, 7) is 13.2. The molecule has 0 nitrogen and oxygen atoms in total. The van der Waals surface area contributed by atoms with Gasteiger partial charge in [-0.05, 0) is 109 Å². The smallest absolute Gasteiger partial charge is 0.000765 e. The fourth-order valence-corrected chi connectivity index (χ4v) is 4.74. The molecule has 4 aromatic rings. The van der Waals surface area contributed by atoms with E-state index in [1.807, 2.05) is 0 Å². The van der Waals surface area contributed by atoms with Crippen molar-refractivity contribution in [1.82, 2.24) is 0 Å². The molecule has 0 aliphatic carbocycles. The molecule has 0 saturated carbocycles. The largest absolute Gasteiger partial charge is 0.0616 e. The number of fused-ring (bicyclic) bond motifs is 1. The van der Waals surface area contributed by atoms with Crippen molar-refractivity contribution in [3.05, 3.63) is 94.0 Å². The highest BCUT2D eigenvalue weighted by Crippen LogP contribution is 2.41. The average Bonchev–Trinajstić information content (AvgIpc) is 2.60. The Kier molecular flexibility index (Phi) is 4.59. The van der Waals surface area contributed by atoms with Gasteiger partial charge in [0.15, 0.2) is 0 Å². The van der Waals surface area contributed by atoms with Crippen molar-refractivity contribution in [2.24, 2.45) is 0 Å². The van der Waals surface area contributed by atoms with Gasteiger partial charge in [-0.3, -0.25) is 0 Å². The highest BCUT2D eigenvalue weighted by molar-refractivity contribution is 5.98. The zero-order valence-electron chi connectivity index (χ0n) is 17.7. The first-order chi connectivity index (χ1) is 13.3. The Bertz CT molecular complexity index is 1070. The molecule has 4 rings (SSSR count). The number of hydrogen-bond acceptors (Lipinski definition) is 0. The molecule has 28 heavy (non-hydrogen) atoms. The second-order valence-electron chi connectivity index (χ2n) is 8.19. The van der Waals surface area contributed by atoms with Crippen molar-refractivity contribution in [3.63, 3.8) is 0 Å². The van der Waals surface area contributed by atoms with Gasteiger partial charge in [-0.1, -0.05) is 59.7 Å². The summed E-state index contributed by atoms with van der Waals surface area (Å²) >= 11 is 0. The molecule has 0 heteroatoms. The molecule has 0 heterocycles. The third kappa shape index (κ3) is 3.14. The Labute approximate surface area is 168 Å². The fraction of sp³-hybridized carbons (Fsp3) is 0.214. The van der Waals surface area contributed by atoms with Crippen molar-refractivity contribution in [3.8, 4) is 22.3 Å². The van der Waals surface area contributed by atoms with Crippen LogP contribution in [0.2, 0.25) is 0 Å². The van der Waals surface area contributed by atoms with Gasteiger partial charge in [0, 0.05) is 0 Å². The lowest BCUT2D eigenvalue weighted by Gasteiger charge is -2.20. The molecule has 0 N–H and O–H groups in total. The van der Waals surface area contributed by atoms with Crippen molar-refractivity contribution >= 4 is 10.8 Å². The minimum Gasteiger partial charge on any atom is -0.0616 e. The zero-order valence-corrected chi connectivity index (χ0v) is 17.7. The summed E-state index contributed by atoms with van der Waals surface area (Å²) in [5, 5.41) is 2.41. The first kappa shape index (κ1) is 18.5. The molecule has 0 atom stereocenters. The summed E-state index contributed by atoms with van der Waals surface area (Å²) in [6.07, 6.45) is 0. The number of hydrogen-bond donors (Lipinski definition) is 0. The number of rotatable bonds is 2. The molecule has 4 aromatic carbocycles. The van der Waals surface area contributed by atoms with E-state index in [-0.39, 0.29) is 0 Å². The van der Waals surface area contributed by atoms with Crippen LogP contribution in [0.5, 0.6) is 0 Å². The molecular weight excluding hydrogens is 336 g/mol. The molecule has 0 amide bonds. The first-order valence-electron chi connectivity index (χ1n) is 9.96. The molecule has 0 aliphatic heterocycles. The van der Waals surface area contributed by atoms with E-state index < -0.39 is 0 Å². The minimum absolute atomic E-state index is 1.17. The molecular formula is C28H27. The van der Waals surface area contributed by atoms with Crippen LogP contribution in [-0.2, 0) is 0 Å². The van der Waals surface area contributed by atoms with Gasteiger partial charge >= 0.3 is 0 Å². The van der Waals surface area contributed by atoms with Crippen LogP contribution < -0.4 is 0 Å². The standard InChI is InChI=1S/C28H27/c1-17-11-19(3)27(20(4)12-17)25-15-23-9-7-8-10-24(23)16-26(25)28-21(5)13-18(2)14-22(28)6/h7-15H,1-6H3. The van der Waals surface area contributed by atoms with Crippen LogP contribution in [0.15, 0.2) is 54.6 Å².